The van der Waals surface area contributed by atoms with E-state index in [1.807, 2.05) is 0 Å². The zero-order chi connectivity index (χ0) is 13.5. The highest BCUT2D eigenvalue weighted by Gasteiger charge is 2.19. The Labute approximate surface area is 118 Å². The Balaban J connectivity index is 1.78. The number of nitrogens with zero attached hydrogens (tertiary/aromatic N) is 1. The largest absolute Gasteiger partial charge is 0.384 e. The van der Waals surface area contributed by atoms with E-state index in [1.54, 1.807) is 0 Å². The van der Waals surface area contributed by atoms with Crippen molar-refractivity contribution in [1.29, 1.82) is 0 Å². The van der Waals surface area contributed by atoms with Crippen molar-refractivity contribution in [2.45, 2.75) is 52.0 Å². The molecule has 1 aliphatic carbocycles. The molecule has 0 heterocycles. The van der Waals surface area contributed by atoms with Gasteiger partial charge in [-0.25, -0.2) is 0 Å². The minimum atomic E-state index is 0.831. The summed E-state index contributed by atoms with van der Waals surface area (Å²) in [6.07, 6.45) is 7.09. The molecule has 0 amide bonds. The molecular formula is C17H28N2. The summed E-state index contributed by atoms with van der Waals surface area (Å²) in [4.78, 5) is 2.66. The first-order valence-corrected chi connectivity index (χ1v) is 7.85. The maximum Gasteiger partial charge on any atom is 0.0370 e. The number of rotatable bonds is 6. The standard InChI is InChI=1S/C17H28N2/c1-3-19(16-10-5-4-6-11-16)14-13-18-17-12-8-7-9-15(17)2/h7-9,12,16,18H,3-6,10-11,13-14H2,1-2H3. The van der Waals surface area contributed by atoms with Crippen molar-refractivity contribution in [3.05, 3.63) is 29.8 Å². The van der Waals surface area contributed by atoms with Gasteiger partial charge in [0.05, 0.1) is 0 Å². The van der Waals surface area contributed by atoms with Gasteiger partial charge in [0, 0.05) is 24.8 Å². The summed E-state index contributed by atoms with van der Waals surface area (Å²) in [6.45, 7) is 7.86. The molecule has 0 atom stereocenters. The summed E-state index contributed by atoms with van der Waals surface area (Å²) in [5.41, 5.74) is 2.62. The Kier molecular flexibility index (Phi) is 5.71. The van der Waals surface area contributed by atoms with Gasteiger partial charge in [-0.05, 0) is 37.9 Å². The van der Waals surface area contributed by atoms with Crippen LogP contribution in [-0.4, -0.2) is 30.6 Å². The van der Waals surface area contributed by atoms with Crippen molar-refractivity contribution in [2.75, 3.05) is 25.0 Å². The predicted molar refractivity (Wildman–Crippen MR) is 83.8 cm³/mol. The lowest BCUT2D eigenvalue weighted by molar-refractivity contribution is 0.169. The summed E-state index contributed by atoms with van der Waals surface area (Å²) in [5.74, 6) is 0. The Bertz CT molecular complexity index is 369. The molecule has 106 valence electrons. The van der Waals surface area contributed by atoms with E-state index in [0.29, 0.717) is 0 Å². The summed E-state index contributed by atoms with van der Waals surface area (Å²) < 4.78 is 0. The molecule has 2 rings (SSSR count). The van der Waals surface area contributed by atoms with E-state index in [4.69, 9.17) is 0 Å². The topological polar surface area (TPSA) is 15.3 Å². The zero-order valence-corrected chi connectivity index (χ0v) is 12.5. The van der Waals surface area contributed by atoms with Gasteiger partial charge in [-0.15, -0.1) is 0 Å². The number of hydrogen-bond acceptors (Lipinski definition) is 2. The smallest absolute Gasteiger partial charge is 0.0370 e. The van der Waals surface area contributed by atoms with Crippen molar-refractivity contribution in [3.63, 3.8) is 0 Å². The van der Waals surface area contributed by atoms with Crippen LogP contribution in [0.5, 0.6) is 0 Å². The molecule has 2 nitrogen and oxygen atoms in total. The van der Waals surface area contributed by atoms with Gasteiger partial charge in [0.15, 0.2) is 0 Å². The normalized spacial score (nSPS) is 16.8. The molecule has 1 aromatic rings. The van der Waals surface area contributed by atoms with Crippen LogP contribution in [0.25, 0.3) is 0 Å². The predicted octanol–water partition coefficient (Wildman–Crippen LogP) is 4.06. The average molecular weight is 260 g/mol. The molecule has 0 spiro atoms. The molecule has 0 unspecified atom stereocenters. The van der Waals surface area contributed by atoms with E-state index >= 15 is 0 Å². The van der Waals surface area contributed by atoms with Crippen LogP contribution in [0.3, 0.4) is 0 Å². The number of benzene rings is 1. The molecule has 0 radical (unpaired) electrons. The summed E-state index contributed by atoms with van der Waals surface area (Å²) in [6, 6.07) is 9.37. The molecule has 19 heavy (non-hydrogen) atoms. The minimum Gasteiger partial charge on any atom is -0.384 e. The van der Waals surface area contributed by atoms with Gasteiger partial charge in [0.2, 0.25) is 0 Å². The first kappa shape index (κ1) is 14.4. The van der Waals surface area contributed by atoms with Crippen LogP contribution in [0.2, 0.25) is 0 Å². The van der Waals surface area contributed by atoms with E-state index in [-0.39, 0.29) is 0 Å². The van der Waals surface area contributed by atoms with Crippen LogP contribution < -0.4 is 5.32 Å². The Morgan fingerprint density at radius 1 is 1.16 bits per heavy atom. The molecule has 2 heteroatoms. The SMILES string of the molecule is CCN(CCNc1ccccc1C)C1CCCCC1. The van der Waals surface area contributed by atoms with E-state index < -0.39 is 0 Å². The number of aryl methyl sites for hydroxylation is 1. The lowest BCUT2D eigenvalue weighted by Gasteiger charge is -2.33. The Morgan fingerprint density at radius 3 is 2.58 bits per heavy atom. The van der Waals surface area contributed by atoms with Gasteiger partial charge in [0.25, 0.3) is 0 Å². The molecule has 0 bridgehead atoms. The van der Waals surface area contributed by atoms with Crippen molar-refractivity contribution in [3.8, 4) is 0 Å². The number of likely N-dealkylation sites (N-methyl/N-ethyl adjacent to an activating group) is 1. The van der Waals surface area contributed by atoms with Gasteiger partial charge < -0.3 is 5.32 Å². The average Bonchev–Trinajstić information content (AvgIpc) is 2.46. The highest BCUT2D eigenvalue weighted by atomic mass is 15.2. The van der Waals surface area contributed by atoms with Crippen LogP contribution in [0.1, 0.15) is 44.6 Å². The van der Waals surface area contributed by atoms with Crippen LogP contribution >= 0.6 is 0 Å². The highest BCUT2D eigenvalue weighted by Crippen LogP contribution is 2.22. The van der Waals surface area contributed by atoms with Crippen LogP contribution in [0.15, 0.2) is 24.3 Å². The van der Waals surface area contributed by atoms with Crippen molar-refractivity contribution in [2.24, 2.45) is 0 Å². The fourth-order valence-corrected chi connectivity index (χ4v) is 3.15. The maximum atomic E-state index is 3.58. The maximum absolute atomic E-state index is 3.58. The van der Waals surface area contributed by atoms with Crippen LogP contribution in [0.4, 0.5) is 5.69 Å². The second-order valence-electron chi connectivity index (χ2n) is 5.66. The van der Waals surface area contributed by atoms with Crippen molar-refractivity contribution in [1.82, 2.24) is 4.90 Å². The molecule has 1 aliphatic rings. The molecular weight excluding hydrogens is 232 g/mol. The third-order valence-electron chi connectivity index (χ3n) is 4.36. The van der Waals surface area contributed by atoms with Gasteiger partial charge in [-0.1, -0.05) is 44.4 Å². The summed E-state index contributed by atoms with van der Waals surface area (Å²) >= 11 is 0. The number of hydrogen-bond donors (Lipinski definition) is 1. The number of anilines is 1. The van der Waals surface area contributed by atoms with E-state index in [1.165, 1.54) is 49.9 Å². The third kappa shape index (κ3) is 4.24. The van der Waals surface area contributed by atoms with Crippen molar-refractivity contribution >= 4 is 5.69 Å². The summed E-state index contributed by atoms with van der Waals surface area (Å²) in [7, 11) is 0. The monoisotopic (exact) mass is 260 g/mol. The lowest BCUT2D eigenvalue weighted by atomic mass is 9.94. The molecule has 1 N–H and O–H groups in total. The second kappa shape index (κ2) is 7.54. The highest BCUT2D eigenvalue weighted by molar-refractivity contribution is 5.50. The molecule has 0 saturated heterocycles. The molecule has 1 saturated carbocycles. The van der Waals surface area contributed by atoms with Crippen molar-refractivity contribution < 1.29 is 0 Å². The summed E-state index contributed by atoms with van der Waals surface area (Å²) in [5, 5.41) is 3.58. The fourth-order valence-electron chi connectivity index (χ4n) is 3.15. The molecule has 1 aromatic carbocycles. The third-order valence-corrected chi connectivity index (χ3v) is 4.36. The van der Waals surface area contributed by atoms with Gasteiger partial charge >= 0.3 is 0 Å². The first-order valence-electron chi connectivity index (χ1n) is 7.85. The van der Waals surface area contributed by atoms with E-state index in [9.17, 15) is 0 Å². The number of nitrogens with one attached hydrogen (secondary N) is 1. The second-order valence-corrected chi connectivity index (χ2v) is 5.66. The Hall–Kier alpha value is -1.02. The minimum absolute atomic E-state index is 0.831. The first-order chi connectivity index (χ1) is 9.31. The molecule has 0 aromatic heterocycles. The van der Waals surface area contributed by atoms with Crippen LogP contribution in [0, 0.1) is 6.92 Å². The quantitative estimate of drug-likeness (QED) is 0.829. The zero-order valence-electron chi connectivity index (χ0n) is 12.5. The number of para-hydroxylation sites is 1. The lowest BCUT2D eigenvalue weighted by Crippen LogP contribution is -2.39. The van der Waals surface area contributed by atoms with E-state index in [0.717, 1.165) is 19.1 Å². The van der Waals surface area contributed by atoms with Gasteiger partial charge in [-0.2, -0.15) is 0 Å². The van der Waals surface area contributed by atoms with E-state index in [2.05, 4.69) is 48.3 Å². The fraction of sp³-hybridized carbons (Fsp3) is 0.647. The van der Waals surface area contributed by atoms with Gasteiger partial charge in [-0.3, -0.25) is 4.90 Å². The molecule has 0 aliphatic heterocycles. The molecule has 1 fully saturated rings. The Morgan fingerprint density at radius 2 is 1.89 bits per heavy atom. The van der Waals surface area contributed by atoms with Gasteiger partial charge in [0.1, 0.15) is 0 Å². The van der Waals surface area contributed by atoms with Crippen LogP contribution in [-0.2, 0) is 0 Å².